The quantitative estimate of drug-likeness (QED) is 0.101. The van der Waals surface area contributed by atoms with Gasteiger partial charge < -0.3 is 9.47 Å². The first-order valence-electron chi connectivity index (χ1n) is 9.09. The standard InChI is InChI=1S/C22H13ClIN3O6/c1-32-21-10-13(8-15(12-25)14-2-4-16(23)5-3-14)9-18(24)22(21)33-20-7-6-17(26(28)29)11-19(20)27(30)31/h2-11H,1H3/b15-8+. The summed E-state index contributed by atoms with van der Waals surface area (Å²) in [5, 5.41) is 32.5. The van der Waals surface area contributed by atoms with Crippen LogP contribution in [0.25, 0.3) is 11.6 Å². The van der Waals surface area contributed by atoms with E-state index in [2.05, 4.69) is 6.07 Å². The van der Waals surface area contributed by atoms with Gasteiger partial charge in [0.2, 0.25) is 5.75 Å². The molecule has 0 spiro atoms. The third-order valence-corrected chi connectivity index (χ3v) is 5.45. The van der Waals surface area contributed by atoms with E-state index in [-0.39, 0.29) is 17.2 Å². The van der Waals surface area contributed by atoms with E-state index in [0.29, 0.717) is 25.3 Å². The van der Waals surface area contributed by atoms with Gasteiger partial charge in [-0.3, -0.25) is 20.2 Å². The number of nitro benzene ring substituents is 2. The predicted molar refractivity (Wildman–Crippen MR) is 130 cm³/mol. The van der Waals surface area contributed by atoms with Gasteiger partial charge in [-0.2, -0.15) is 5.26 Å². The summed E-state index contributed by atoms with van der Waals surface area (Å²) in [6.07, 6.45) is 1.66. The van der Waals surface area contributed by atoms with Gasteiger partial charge in [0.1, 0.15) is 0 Å². The third-order valence-electron chi connectivity index (χ3n) is 4.40. The zero-order valence-corrected chi connectivity index (χ0v) is 19.7. The van der Waals surface area contributed by atoms with Crippen molar-refractivity contribution in [3.63, 3.8) is 0 Å². The number of benzene rings is 3. The number of hydrogen-bond acceptors (Lipinski definition) is 7. The van der Waals surface area contributed by atoms with Crippen molar-refractivity contribution in [2.75, 3.05) is 7.11 Å². The highest BCUT2D eigenvalue weighted by atomic mass is 127. The van der Waals surface area contributed by atoms with Crippen LogP contribution in [-0.4, -0.2) is 17.0 Å². The smallest absolute Gasteiger partial charge is 0.318 e. The Balaban J connectivity index is 2.03. The van der Waals surface area contributed by atoms with Crippen molar-refractivity contribution in [3.8, 4) is 23.3 Å². The third kappa shape index (κ3) is 5.57. The number of hydrogen-bond donors (Lipinski definition) is 0. The van der Waals surface area contributed by atoms with E-state index in [1.807, 2.05) is 22.6 Å². The van der Waals surface area contributed by atoms with Gasteiger partial charge in [0, 0.05) is 11.1 Å². The van der Waals surface area contributed by atoms with E-state index in [1.165, 1.54) is 7.11 Å². The molecule has 0 aliphatic rings. The topological polar surface area (TPSA) is 129 Å². The van der Waals surface area contributed by atoms with Crippen LogP contribution in [0.15, 0.2) is 54.6 Å². The number of nitriles is 1. The maximum atomic E-state index is 11.4. The Bertz CT molecular complexity index is 1320. The molecule has 0 N–H and O–H groups in total. The summed E-state index contributed by atoms with van der Waals surface area (Å²) in [4.78, 5) is 20.9. The Kier molecular flexibility index (Phi) is 7.47. The highest BCUT2D eigenvalue weighted by Crippen LogP contribution is 2.41. The molecule has 0 saturated carbocycles. The van der Waals surface area contributed by atoms with E-state index >= 15 is 0 Å². The molecule has 0 aliphatic heterocycles. The van der Waals surface area contributed by atoms with Gasteiger partial charge in [0.05, 0.1) is 38.2 Å². The molecule has 0 bridgehead atoms. The molecule has 0 atom stereocenters. The molecule has 3 aromatic carbocycles. The van der Waals surface area contributed by atoms with E-state index in [9.17, 15) is 25.5 Å². The summed E-state index contributed by atoms with van der Waals surface area (Å²) in [7, 11) is 1.40. The van der Waals surface area contributed by atoms with Gasteiger partial charge in [0.25, 0.3) is 5.69 Å². The van der Waals surface area contributed by atoms with Gasteiger partial charge in [-0.1, -0.05) is 23.7 Å². The molecule has 0 heterocycles. The van der Waals surface area contributed by atoms with Crippen LogP contribution >= 0.6 is 34.2 Å². The fraction of sp³-hybridized carbons (Fsp3) is 0.0455. The van der Waals surface area contributed by atoms with Crippen molar-refractivity contribution in [2.45, 2.75) is 0 Å². The summed E-state index contributed by atoms with van der Waals surface area (Å²) < 4.78 is 11.7. The molecule has 33 heavy (non-hydrogen) atoms. The second-order valence-corrected chi connectivity index (χ2v) is 8.08. The van der Waals surface area contributed by atoms with Gasteiger partial charge >= 0.3 is 5.69 Å². The van der Waals surface area contributed by atoms with Crippen molar-refractivity contribution < 1.29 is 19.3 Å². The van der Waals surface area contributed by atoms with Crippen molar-refractivity contribution in [2.24, 2.45) is 0 Å². The van der Waals surface area contributed by atoms with Gasteiger partial charge in [-0.05, 0) is 70.1 Å². The summed E-state index contributed by atoms with van der Waals surface area (Å²) >= 11 is 7.88. The van der Waals surface area contributed by atoms with Crippen LogP contribution in [-0.2, 0) is 0 Å². The largest absolute Gasteiger partial charge is 0.493 e. The Morgan fingerprint density at radius 2 is 1.76 bits per heavy atom. The molecular weight excluding hydrogens is 565 g/mol. The minimum absolute atomic E-state index is 0.177. The minimum atomic E-state index is -0.760. The maximum absolute atomic E-state index is 11.4. The lowest BCUT2D eigenvalue weighted by Crippen LogP contribution is -1.99. The monoisotopic (exact) mass is 577 g/mol. The van der Waals surface area contributed by atoms with Crippen LogP contribution in [0.2, 0.25) is 5.02 Å². The molecule has 0 unspecified atom stereocenters. The molecule has 9 nitrogen and oxygen atoms in total. The maximum Gasteiger partial charge on any atom is 0.318 e. The molecule has 0 saturated heterocycles. The lowest BCUT2D eigenvalue weighted by atomic mass is 10.0. The number of rotatable bonds is 7. The van der Waals surface area contributed by atoms with Crippen LogP contribution < -0.4 is 9.47 Å². The summed E-state index contributed by atoms with van der Waals surface area (Å²) in [6, 6.07) is 15.4. The second kappa shape index (κ2) is 10.3. The minimum Gasteiger partial charge on any atom is -0.493 e. The SMILES string of the molecule is COc1cc(/C=C(\C#N)c2ccc(Cl)cc2)cc(I)c1Oc1ccc([N+](=O)[O-])cc1[N+](=O)[O-]. The van der Waals surface area contributed by atoms with Crippen molar-refractivity contribution in [1.29, 1.82) is 5.26 Å². The normalized spacial score (nSPS) is 10.9. The first-order valence-corrected chi connectivity index (χ1v) is 10.5. The molecule has 0 amide bonds. The average Bonchev–Trinajstić information content (AvgIpc) is 2.79. The van der Waals surface area contributed by atoms with Crippen molar-refractivity contribution in [1.82, 2.24) is 0 Å². The van der Waals surface area contributed by atoms with Crippen LogP contribution in [0.5, 0.6) is 17.2 Å². The van der Waals surface area contributed by atoms with E-state index < -0.39 is 21.2 Å². The predicted octanol–water partition coefficient (Wildman–Crippen LogP) is 6.63. The molecular formula is C22H13ClIN3O6. The average molecular weight is 578 g/mol. The Hall–Kier alpha value is -3.69. The number of nitro groups is 2. The molecule has 3 aromatic rings. The van der Waals surface area contributed by atoms with Crippen LogP contribution in [0.4, 0.5) is 11.4 Å². The molecule has 0 radical (unpaired) electrons. The first kappa shape index (κ1) is 24.0. The highest BCUT2D eigenvalue weighted by Gasteiger charge is 2.23. The molecule has 0 aliphatic carbocycles. The number of halogens is 2. The Labute approximate surface area is 206 Å². The first-order chi connectivity index (χ1) is 15.7. The number of ether oxygens (including phenoxy) is 2. The van der Waals surface area contributed by atoms with E-state index in [0.717, 1.165) is 18.2 Å². The summed E-state index contributed by atoms with van der Waals surface area (Å²) in [6.45, 7) is 0. The molecule has 0 aromatic heterocycles. The summed E-state index contributed by atoms with van der Waals surface area (Å²) in [5.74, 6) is 0.274. The lowest BCUT2D eigenvalue weighted by molar-refractivity contribution is -0.394. The Morgan fingerprint density at radius 3 is 2.33 bits per heavy atom. The highest BCUT2D eigenvalue weighted by molar-refractivity contribution is 14.1. The summed E-state index contributed by atoms with van der Waals surface area (Å²) in [5.41, 5.74) is 0.721. The Morgan fingerprint density at radius 1 is 1.06 bits per heavy atom. The number of methoxy groups -OCH3 is 1. The van der Waals surface area contributed by atoms with Crippen LogP contribution in [0.3, 0.4) is 0 Å². The lowest BCUT2D eigenvalue weighted by Gasteiger charge is -2.13. The van der Waals surface area contributed by atoms with Crippen molar-refractivity contribution in [3.05, 3.63) is 94.5 Å². The fourth-order valence-electron chi connectivity index (χ4n) is 2.86. The zero-order chi connectivity index (χ0) is 24.1. The number of nitrogens with zero attached hydrogens (tertiary/aromatic N) is 3. The molecule has 3 rings (SSSR count). The van der Waals surface area contributed by atoms with Gasteiger partial charge in [0.15, 0.2) is 11.5 Å². The van der Waals surface area contributed by atoms with Crippen LogP contribution in [0, 0.1) is 35.1 Å². The second-order valence-electron chi connectivity index (χ2n) is 6.48. The fourth-order valence-corrected chi connectivity index (χ4v) is 3.72. The van der Waals surface area contributed by atoms with Crippen LogP contribution in [0.1, 0.15) is 11.1 Å². The molecule has 166 valence electrons. The van der Waals surface area contributed by atoms with Crippen molar-refractivity contribution >= 4 is 57.2 Å². The van der Waals surface area contributed by atoms with Gasteiger partial charge in [-0.25, -0.2) is 0 Å². The van der Waals surface area contributed by atoms with Gasteiger partial charge in [-0.15, -0.1) is 0 Å². The number of non-ortho nitro benzene ring substituents is 1. The van der Waals surface area contributed by atoms with E-state index in [4.69, 9.17) is 21.1 Å². The zero-order valence-electron chi connectivity index (χ0n) is 16.8. The van der Waals surface area contributed by atoms with E-state index in [1.54, 1.807) is 42.5 Å². The molecule has 11 heteroatoms. The molecule has 0 fully saturated rings. The number of allylic oxidation sites excluding steroid dienone is 1.